The summed E-state index contributed by atoms with van der Waals surface area (Å²) in [6.45, 7) is 9.37. The highest BCUT2D eigenvalue weighted by molar-refractivity contribution is 7.12. The average molecular weight is 316 g/mol. The topological polar surface area (TPSA) is 43.9 Å². The van der Waals surface area contributed by atoms with Crippen LogP contribution >= 0.6 is 11.3 Å². The van der Waals surface area contributed by atoms with Crippen LogP contribution < -0.4 is 14.8 Å². The molecule has 1 fully saturated rings. The molecule has 0 spiro atoms. The van der Waals surface area contributed by atoms with E-state index < -0.39 is 0 Å². The molecule has 1 saturated heterocycles. The molecular formula is C16H22N5S+. The molecular weight excluding hydrogens is 294 g/mol. The minimum Gasteiger partial charge on any atom is -0.369 e. The van der Waals surface area contributed by atoms with Crippen molar-refractivity contribution < 1.29 is 4.57 Å². The van der Waals surface area contributed by atoms with Crippen molar-refractivity contribution in [2.75, 3.05) is 31.1 Å². The van der Waals surface area contributed by atoms with Gasteiger partial charge in [0.1, 0.15) is 11.4 Å². The number of nitrogens with one attached hydrogen (secondary N) is 1. The van der Waals surface area contributed by atoms with E-state index >= 15 is 0 Å². The fraction of sp³-hybridized carbons (Fsp3) is 0.438. The molecule has 1 aliphatic rings. The first-order valence-electron chi connectivity index (χ1n) is 7.73. The van der Waals surface area contributed by atoms with Gasteiger partial charge in [-0.15, -0.1) is 0 Å². The van der Waals surface area contributed by atoms with Crippen molar-refractivity contribution in [3.05, 3.63) is 35.3 Å². The summed E-state index contributed by atoms with van der Waals surface area (Å²) in [6.07, 6.45) is 0. The standard InChI is InChI=1S/C16H22N5S/c1-3-21-13(2)12-22-16(21)19-18-14-4-6-15(7-5-14)20-10-8-17-9-11-20/h4-7,12,17H,3,8-11H2,1-2H3/q+1. The third-order valence-corrected chi connectivity index (χ3v) is 4.86. The third-order valence-electron chi connectivity index (χ3n) is 3.89. The number of aromatic nitrogens is 1. The van der Waals surface area contributed by atoms with Gasteiger partial charge in [0.05, 0.1) is 11.7 Å². The van der Waals surface area contributed by atoms with Crippen LogP contribution in [-0.4, -0.2) is 26.2 Å². The Morgan fingerprint density at radius 2 is 1.91 bits per heavy atom. The van der Waals surface area contributed by atoms with Gasteiger partial charge < -0.3 is 10.2 Å². The van der Waals surface area contributed by atoms with E-state index in [9.17, 15) is 0 Å². The Bertz CT molecular complexity index is 641. The monoisotopic (exact) mass is 316 g/mol. The molecule has 1 aromatic heterocycles. The van der Waals surface area contributed by atoms with Crippen LogP contribution in [0.2, 0.25) is 0 Å². The van der Waals surface area contributed by atoms with Gasteiger partial charge in [-0.3, -0.25) is 0 Å². The second-order valence-corrected chi connectivity index (χ2v) is 6.19. The van der Waals surface area contributed by atoms with Crippen molar-refractivity contribution in [1.29, 1.82) is 0 Å². The summed E-state index contributed by atoms with van der Waals surface area (Å²) in [5.74, 6) is 0. The molecule has 1 N–H and O–H groups in total. The van der Waals surface area contributed by atoms with Gasteiger partial charge in [-0.05, 0) is 54.6 Å². The number of rotatable bonds is 4. The molecule has 1 aliphatic heterocycles. The van der Waals surface area contributed by atoms with Gasteiger partial charge >= 0.3 is 5.13 Å². The Labute approximate surface area is 135 Å². The number of piperazine rings is 1. The lowest BCUT2D eigenvalue weighted by Gasteiger charge is -2.29. The summed E-state index contributed by atoms with van der Waals surface area (Å²) in [7, 11) is 0. The summed E-state index contributed by atoms with van der Waals surface area (Å²) >= 11 is 1.63. The fourth-order valence-electron chi connectivity index (χ4n) is 2.63. The Hall–Kier alpha value is -1.79. The molecule has 0 amide bonds. The summed E-state index contributed by atoms with van der Waals surface area (Å²) < 4.78 is 2.17. The van der Waals surface area contributed by atoms with Gasteiger partial charge in [-0.25, -0.2) is 4.57 Å². The average Bonchev–Trinajstić information content (AvgIpc) is 2.94. The Balaban J connectivity index is 1.71. The van der Waals surface area contributed by atoms with Crippen molar-refractivity contribution in [2.45, 2.75) is 20.4 Å². The SMILES string of the molecule is CC[n+]1c(C)csc1/N=N/c1ccc(N2CCNCC2)cc1. The fourth-order valence-corrected chi connectivity index (χ4v) is 3.52. The molecule has 0 saturated carbocycles. The number of aryl methyl sites for hydroxylation is 1. The van der Waals surface area contributed by atoms with Crippen LogP contribution in [0.4, 0.5) is 16.5 Å². The molecule has 2 aromatic rings. The zero-order valence-electron chi connectivity index (χ0n) is 13.1. The van der Waals surface area contributed by atoms with Crippen LogP contribution in [0, 0.1) is 6.92 Å². The number of thiazole rings is 1. The van der Waals surface area contributed by atoms with Crippen LogP contribution in [0.5, 0.6) is 0 Å². The zero-order chi connectivity index (χ0) is 15.4. The van der Waals surface area contributed by atoms with E-state index in [0.717, 1.165) is 43.5 Å². The first-order chi connectivity index (χ1) is 10.8. The van der Waals surface area contributed by atoms with E-state index in [1.165, 1.54) is 11.4 Å². The van der Waals surface area contributed by atoms with Crippen molar-refractivity contribution in [2.24, 2.45) is 10.2 Å². The van der Waals surface area contributed by atoms with Gasteiger partial charge in [-0.2, -0.15) is 0 Å². The molecule has 3 rings (SSSR count). The molecule has 22 heavy (non-hydrogen) atoms. The molecule has 0 aliphatic carbocycles. The van der Waals surface area contributed by atoms with E-state index in [4.69, 9.17) is 0 Å². The van der Waals surface area contributed by atoms with E-state index in [0.29, 0.717) is 0 Å². The van der Waals surface area contributed by atoms with Crippen molar-refractivity contribution in [1.82, 2.24) is 5.32 Å². The molecule has 6 heteroatoms. The number of azo groups is 1. The van der Waals surface area contributed by atoms with Crippen molar-refractivity contribution >= 4 is 27.8 Å². The summed E-state index contributed by atoms with van der Waals surface area (Å²) in [5, 5.41) is 15.2. The number of hydrogen-bond acceptors (Lipinski definition) is 5. The smallest absolute Gasteiger partial charge is 0.369 e. The van der Waals surface area contributed by atoms with E-state index in [1.807, 2.05) is 12.1 Å². The largest absolute Gasteiger partial charge is 0.408 e. The molecule has 1 aromatic carbocycles. The quantitative estimate of drug-likeness (QED) is 0.695. The molecule has 2 heterocycles. The third kappa shape index (κ3) is 3.34. The maximum absolute atomic E-state index is 4.39. The highest BCUT2D eigenvalue weighted by Gasteiger charge is 2.14. The summed E-state index contributed by atoms with van der Waals surface area (Å²) in [4.78, 5) is 2.39. The van der Waals surface area contributed by atoms with Gasteiger partial charge in [0.15, 0.2) is 0 Å². The Kier molecular flexibility index (Phi) is 4.80. The zero-order valence-corrected chi connectivity index (χ0v) is 13.9. The number of nitrogens with zero attached hydrogens (tertiary/aromatic N) is 4. The summed E-state index contributed by atoms with van der Waals surface area (Å²) in [5.41, 5.74) is 3.39. The van der Waals surface area contributed by atoms with E-state index in [-0.39, 0.29) is 0 Å². The van der Waals surface area contributed by atoms with Crippen LogP contribution in [0.3, 0.4) is 0 Å². The first kappa shape index (κ1) is 15.1. The minimum absolute atomic E-state index is 0.896. The predicted molar refractivity (Wildman–Crippen MR) is 90.6 cm³/mol. The number of anilines is 1. The second kappa shape index (κ2) is 6.98. The predicted octanol–water partition coefficient (Wildman–Crippen LogP) is 3.19. The van der Waals surface area contributed by atoms with Crippen molar-refractivity contribution in [3.8, 4) is 0 Å². The lowest BCUT2D eigenvalue weighted by atomic mass is 10.2. The lowest BCUT2D eigenvalue weighted by molar-refractivity contribution is -0.682. The molecule has 5 nitrogen and oxygen atoms in total. The molecule has 0 atom stereocenters. The first-order valence-corrected chi connectivity index (χ1v) is 8.61. The Morgan fingerprint density at radius 1 is 1.18 bits per heavy atom. The van der Waals surface area contributed by atoms with Gasteiger partial charge in [-0.1, -0.05) is 0 Å². The van der Waals surface area contributed by atoms with Gasteiger partial charge in [0.25, 0.3) is 0 Å². The van der Waals surface area contributed by atoms with E-state index in [1.54, 1.807) is 11.3 Å². The van der Waals surface area contributed by atoms with Crippen molar-refractivity contribution in [3.63, 3.8) is 0 Å². The molecule has 116 valence electrons. The minimum atomic E-state index is 0.896. The van der Waals surface area contributed by atoms with Crippen LogP contribution in [-0.2, 0) is 6.54 Å². The molecule has 0 radical (unpaired) electrons. The highest BCUT2D eigenvalue weighted by Crippen LogP contribution is 2.23. The van der Waals surface area contributed by atoms with Gasteiger partial charge in [0, 0.05) is 37.2 Å². The summed E-state index contributed by atoms with van der Waals surface area (Å²) in [6, 6.07) is 8.34. The second-order valence-electron chi connectivity index (χ2n) is 5.36. The van der Waals surface area contributed by atoms with Gasteiger partial charge in [0.2, 0.25) is 0 Å². The maximum Gasteiger partial charge on any atom is 0.408 e. The lowest BCUT2D eigenvalue weighted by Crippen LogP contribution is -2.43. The highest BCUT2D eigenvalue weighted by atomic mass is 32.1. The van der Waals surface area contributed by atoms with Crippen LogP contribution in [0.25, 0.3) is 0 Å². The number of hydrogen-bond donors (Lipinski definition) is 1. The normalized spacial score (nSPS) is 15.6. The van der Waals surface area contributed by atoms with E-state index in [2.05, 4.69) is 56.4 Å². The van der Waals surface area contributed by atoms with Crippen LogP contribution in [0.1, 0.15) is 12.6 Å². The maximum atomic E-state index is 4.39. The Morgan fingerprint density at radius 3 is 2.59 bits per heavy atom. The van der Waals surface area contributed by atoms with Crippen LogP contribution in [0.15, 0.2) is 39.9 Å². The molecule has 0 bridgehead atoms. The number of benzene rings is 1. The molecule has 0 unspecified atom stereocenters.